The van der Waals surface area contributed by atoms with Gasteiger partial charge >= 0.3 is 0 Å². The molecule has 1 rings (SSSR count). The van der Waals surface area contributed by atoms with E-state index in [-0.39, 0.29) is 5.56 Å². The molecule has 0 aliphatic carbocycles. The average Bonchev–Trinajstić information content (AvgIpc) is 2.03. The summed E-state index contributed by atoms with van der Waals surface area (Å²) in [6.07, 6.45) is -1.54. The fourth-order valence-electron chi connectivity index (χ4n) is 1.12. The Hall–Kier alpha value is -1.25. The van der Waals surface area contributed by atoms with E-state index >= 15 is 0 Å². The highest BCUT2D eigenvalue weighted by atomic mass is 19.1. The molecule has 1 aromatic carbocycles. The second kappa shape index (κ2) is 3.64. The molecule has 0 radical (unpaired) electrons. The number of benzene rings is 1. The number of ketones is 1. The van der Waals surface area contributed by atoms with E-state index < -0.39 is 17.8 Å². The first-order valence-corrected chi connectivity index (χ1v) is 3.97. The molecule has 0 fully saturated rings. The zero-order valence-corrected chi connectivity index (χ0v) is 7.47. The highest BCUT2D eigenvalue weighted by molar-refractivity contribution is 6.00. The van der Waals surface area contributed by atoms with Gasteiger partial charge in [-0.1, -0.05) is 0 Å². The van der Waals surface area contributed by atoms with E-state index in [0.29, 0.717) is 5.56 Å². The number of hydrogen-bond acceptors (Lipinski definition) is 1. The third kappa shape index (κ3) is 2.11. The molecule has 0 aliphatic rings. The summed E-state index contributed by atoms with van der Waals surface area (Å²) in [6.45, 7) is 2.75. The Morgan fingerprint density at radius 2 is 2.08 bits per heavy atom. The minimum absolute atomic E-state index is 0.247. The van der Waals surface area contributed by atoms with Crippen LogP contribution in [-0.2, 0) is 0 Å². The molecule has 0 heterocycles. The van der Waals surface area contributed by atoms with Crippen molar-refractivity contribution in [2.24, 2.45) is 0 Å². The van der Waals surface area contributed by atoms with Crippen LogP contribution in [0, 0.1) is 12.7 Å². The van der Waals surface area contributed by atoms with Gasteiger partial charge in [-0.2, -0.15) is 0 Å². The van der Waals surface area contributed by atoms with E-state index in [1.165, 1.54) is 19.1 Å². The fourth-order valence-corrected chi connectivity index (χ4v) is 1.12. The van der Waals surface area contributed by atoms with E-state index in [1.807, 2.05) is 0 Å². The zero-order chi connectivity index (χ0) is 10.0. The second-order valence-corrected chi connectivity index (χ2v) is 2.94. The van der Waals surface area contributed by atoms with Crippen LogP contribution in [0.5, 0.6) is 0 Å². The number of halogens is 2. The molecule has 1 aromatic rings. The molecule has 13 heavy (non-hydrogen) atoms. The van der Waals surface area contributed by atoms with Crippen molar-refractivity contribution >= 4 is 5.78 Å². The van der Waals surface area contributed by atoms with Crippen LogP contribution in [0.2, 0.25) is 0 Å². The van der Waals surface area contributed by atoms with Gasteiger partial charge in [0.1, 0.15) is 5.82 Å². The number of alkyl halides is 1. The second-order valence-electron chi connectivity index (χ2n) is 2.94. The number of carbonyl (C=O) groups is 1. The van der Waals surface area contributed by atoms with Gasteiger partial charge in [-0.05, 0) is 37.6 Å². The lowest BCUT2D eigenvalue weighted by atomic mass is 10.0. The smallest absolute Gasteiger partial charge is 0.196 e. The van der Waals surface area contributed by atoms with Crippen LogP contribution in [0.25, 0.3) is 0 Å². The molecule has 0 saturated carbocycles. The summed E-state index contributed by atoms with van der Waals surface area (Å²) in [5.74, 6) is -1.02. The molecule has 0 amide bonds. The Balaban J connectivity index is 3.09. The van der Waals surface area contributed by atoms with Crippen molar-refractivity contribution in [2.45, 2.75) is 20.0 Å². The Morgan fingerprint density at radius 1 is 1.46 bits per heavy atom. The molecule has 0 aliphatic heterocycles. The van der Waals surface area contributed by atoms with Gasteiger partial charge in [-0.25, -0.2) is 8.78 Å². The van der Waals surface area contributed by atoms with Crippen molar-refractivity contribution in [2.75, 3.05) is 0 Å². The first-order chi connectivity index (χ1) is 6.02. The molecule has 0 N–H and O–H groups in total. The van der Waals surface area contributed by atoms with Crippen LogP contribution >= 0.6 is 0 Å². The van der Waals surface area contributed by atoms with Crippen molar-refractivity contribution in [3.8, 4) is 0 Å². The zero-order valence-electron chi connectivity index (χ0n) is 7.47. The predicted molar refractivity (Wildman–Crippen MR) is 46.0 cm³/mol. The summed E-state index contributed by atoms with van der Waals surface area (Å²) >= 11 is 0. The first kappa shape index (κ1) is 9.84. The Morgan fingerprint density at radius 3 is 2.54 bits per heavy atom. The molecule has 1 atom stereocenters. The molecule has 0 bridgehead atoms. The van der Waals surface area contributed by atoms with Crippen molar-refractivity contribution in [1.29, 1.82) is 0 Å². The molecule has 3 heteroatoms. The van der Waals surface area contributed by atoms with E-state index in [9.17, 15) is 13.6 Å². The van der Waals surface area contributed by atoms with Gasteiger partial charge in [0.05, 0.1) is 0 Å². The first-order valence-electron chi connectivity index (χ1n) is 3.97. The maximum absolute atomic E-state index is 12.6. The van der Waals surface area contributed by atoms with Crippen LogP contribution in [0.15, 0.2) is 18.2 Å². The maximum Gasteiger partial charge on any atom is 0.196 e. The molecular formula is C10H10F2O. The lowest BCUT2D eigenvalue weighted by Gasteiger charge is -2.04. The summed E-state index contributed by atoms with van der Waals surface area (Å²) in [4.78, 5) is 11.2. The molecule has 0 aromatic heterocycles. The quantitative estimate of drug-likeness (QED) is 0.646. The summed E-state index contributed by atoms with van der Waals surface area (Å²) in [7, 11) is 0. The Labute approximate surface area is 75.4 Å². The van der Waals surface area contributed by atoms with E-state index in [4.69, 9.17) is 0 Å². The van der Waals surface area contributed by atoms with Crippen molar-refractivity contribution < 1.29 is 13.6 Å². The van der Waals surface area contributed by atoms with Crippen molar-refractivity contribution in [3.05, 3.63) is 35.1 Å². The van der Waals surface area contributed by atoms with Crippen LogP contribution in [0.4, 0.5) is 8.78 Å². The molecule has 0 saturated heterocycles. The predicted octanol–water partition coefficient (Wildman–Crippen LogP) is 2.67. The number of carbonyl (C=O) groups excluding carboxylic acids is 1. The lowest BCUT2D eigenvalue weighted by Crippen LogP contribution is -2.13. The average molecular weight is 184 g/mol. The molecular weight excluding hydrogens is 174 g/mol. The minimum atomic E-state index is -1.54. The van der Waals surface area contributed by atoms with E-state index in [0.717, 1.165) is 6.07 Å². The van der Waals surface area contributed by atoms with Gasteiger partial charge in [0.15, 0.2) is 12.0 Å². The summed E-state index contributed by atoms with van der Waals surface area (Å²) < 4.78 is 25.2. The van der Waals surface area contributed by atoms with E-state index in [2.05, 4.69) is 0 Å². The van der Waals surface area contributed by atoms with E-state index in [1.54, 1.807) is 6.92 Å². The van der Waals surface area contributed by atoms with Crippen molar-refractivity contribution in [3.63, 3.8) is 0 Å². The summed E-state index contributed by atoms with van der Waals surface area (Å²) in [6, 6.07) is 3.68. The van der Waals surface area contributed by atoms with Crippen molar-refractivity contribution in [1.82, 2.24) is 0 Å². The minimum Gasteiger partial charge on any atom is -0.291 e. The third-order valence-corrected chi connectivity index (χ3v) is 1.82. The third-order valence-electron chi connectivity index (χ3n) is 1.82. The van der Waals surface area contributed by atoms with Crippen LogP contribution in [0.3, 0.4) is 0 Å². The SMILES string of the molecule is Cc1cc(F)ccc1C(=O)C(C)F. The molecule has 0 spiro atoms. The number of rotatable bonds is 2. The van der Waals surface area contributed by atoms with Gasteiger partial charge < -0.3 is 0 Å². The van der Waals surface area contributed by atoms with Gasteiger partial charge in [0.25, 0.3) is 0 Å². The highest BCUT2D eigenvalue weighted by Gasteiger charge is 2.15. The monoisotopic (exact) mass is 184 g/mol. The van der Waals surface area contributed by atoms with Crippen LogP contribution in [-0.4, -0.2) is 12.0 Å². The number of Topliss-reactive ketones (excluding diaryl/α,β-unsaturated/α-hetero) is 1. The Bertz CT molecular complexity index is 332. The Kier molecular flexibility index (Phi) is 2.76. The van der Waals surface area contributed by atoms with Gasteiger partial charge in [0.2, 0.25) is 0 Å². The maximum atomic E-state index is 12.6. The molecule has 1 nitrogen and oxygen atoms in total. The standard InChI is InChI=1S/C10H10F2O/c1-6-5-8(12)3-4-9(6)10(13)7(2)11/h3-5,7H,1-2H3. The largest absolute Gasteiger partial charge is 0.291 e. The lowest BCUT2D eigenvalue weighted by molar-refractivity contribution is 0.0892. The number of aryl methyl sites for hydroxylation is 1. The fraction of sp³-hybridized carbons (Fsp3) is 0.300. The highest BCUT2D eigenvalue weighted by Crippen LogP contribution is 2.13. The normalized spacial score (nSPS) is 12.6. The van der Waals surface area contributed by atoms with Gasteiger partial charge in [0, 0.05) is 5.56 Å². The molecule has 1 unspecified atom stereocenters. The number of hydrogen-bond donors (Lipinski definition) is 0. The summed E-state index contributed by atoms with van der Waals surface area (Å²) in [5.41, 5.74) is 0.714. The van der Waals surface area contributed by atoms with Gasteiger partial charge in [-0.15, -0.1) is 0 Å². The molecule has 70 valence electrons. The van der Waals surface area contributed by atoms with Crippen LogP contribution < -0.4 is 0 Å². The van der Waals surface area contributed by atoms with Gasteiger partial charge in [-0.3, -0.25) is 4.79 Å². The summed E-state index contributed by atoms with van der Waals surface area (Å²) in [5, 5.41) is 0. The topological polar surface area (TPSA) is 17.1 Å². The van der Waals surface area contributed by atoms with Crippen LogP contribution in [0.1, 0.15) is 22.8 Å².